The molecule has 2 heterocycles. The minimum absolute atomic E-state index is 0.442. The Morgan fingerprint density at radius 2 is 2.05 bits per heavy atom. The SMILES string of the molecule is COC1CN(CC2CC3CCCCC3N2)CCC1C. The molecule has 5 unspecified atom stereocenters. The van der Waals surface area contributed by atoms with Gasteiger partial charge in [0.1, 0.15) is 0 Å². The van der Waals surface area contributed by atoms with Crippen molar-refractivity contribution in [2.75, 3.05) is 26.7 Å². The Kier molecular flexibility index (Phi) is 4.45. The number of nitrogens with zero attached hydrogens (tertiary/aromatic N) is 1. The first-order valence-electron chi connectivity index (χ1n) is 8.27. The number of nitrogens with one attached hydrogen (secondary N) is 1. The molecule has 2 aliphatic heterocycles. The summed E-state index contributed by atoms with van der Waals surface area (Å²) in [7, 11) is 1.87. The molecule has 0 aromatic rings. The van der Waals surface area contributed by atoms with Crippen molar-refractivity contribution in [2.45, 2.75) is 63.6 Å². The fraction of sp³-hybridized carbons (Fsp3) is 1.00. The fourth-order valence-electron chi connectivity index (χ4n) is 4.45. The monoisotopic (exact) mass is 266 g/mol. The fourth-order valence-corrected chi connectivity index (χ4v) is 4.45. The van der Waals surface area contributed by atoms with E-state index in [1.54, 1.807) is 0 Å². The molecule has 3 rings (SSSR count). The van der Waals surface area contributed by atoms with Crippen LogP contribution in [0.5, 0.6) is 0 Å². The van der Waals surface area contributed by atoms with Crippen LogP contribution in [0.15, 0.2) is 0 Å². The van der Waals surface area contributed by atoms with Crippen molar-refractivity contribution in [3.8, 4) is 0 Å². The molecule has 3 heteroatoms. The topological polar surface area (TPSA) is 24.5 Å². The summed E-state index contributed by atoms with van der Waals surface area (Å²) >= 11 is 0. The third-order valence-corrected chi connectivity index (χ3v) is 5.70. The molecule has 110 valence electrons. The van der Waals surface area contributed by atoms with Gasteiger partial charge in [-0.1, -0.05) is 19.8 Å². The van der Waals surface area contributed by atoms with Crippen molar-refractivity contribution in [3.05, 3.63) is 0 Å². The second-order valence-corrected chi connectivity index (χ2v) is 7.05. The summed E-state index contributed by atoms with van der Waals surface area (Å²) in [4.78, 5) is 2.63. The summed E-state index contributed by atoms with van der Waals surface area (Å²) in [5.41, 5.74) is 0. The van der Waals surface area contributed by atoms with Crippen LogP contribution in [-0.2, 0) is 4.74 Å². The van der Waals surface area contributed by atoms with E-state index >= 15 is 0 Å². The Balaban J connectivity index is 1.49. The highest BCUT2D eigenvalue weighted by molar-refractivity contribution is 4.94. The molecule has 5 atom stereocenters. The Morgan fingerprint density at radius 3 is 2.84 bits per heavy atom. The summed E-state index contributed by atoms with van der Waals surface area (Å²) < 4.78 is 5.63. The van der Waals surface area contributed by atoms with Gasteiger partial charge in [-0.05, 0) is 44.1 Å². The second kappa shape index (κ2) is 6.11. The number of fused-ring (bicyclic) bond motifs is 1. The number of likely N-dealkylation sites (tertiary alicyclic amines) is 1. The third-order valence-electron chi connectivity index (χ3n) is 5.70. The van der Waals surface area contributed by atoms with Crippen LogP contribution in [0.4, 0.5) is 0 Å². The largest absolute Gasteiger partial charge is 0.380 e. The van der Waals surface area contributed by atoms with E-state index in [0.717, 1.165) is 30.5 Å². The average Bonchev–Trinajstić information content (AvgIpc) is 2.83. The van der Waals surface area contributed by atoms with Crippen LogP contribution in [0.1, 0.15) is 45.4 Å². The van der Waals surface area contributed by atoms with E-state index in [0.29, 0.717) is 6.10 Å². The maximum atomic E-state index is 5.63. The first-order chi connectivity index (χ1) is 9.26. The minimum Gasteiger partial charge on any atom is -0.380 e. The van der Waals surface area contributed by atoms with Crippen LogP contribution in [-0.4, -0.2) is 49.8 Å². The predicted octanol–water partition coefficient (Wildman–Crippen LogP) is 2.26. The molecule has 3 fully saturated rings. The maximum absolute atomic E-state index is 5.63. The normalized spacial score (nSPS) is 44.2. The molecule has 0 aromatic carbocycles. The van der Waals surface area contributed by atoms with Crippen molar-refractivity contribution in [1.82, 2.24) is 10.2 Å². The molecule has 0 bridgehead atoms. The smallest absolute Gasteiger partial charge is 0.0724 e. The Labute approximate surface area is 118 Å². The zero-order valence-corrected chi connectivity index (χ0v) is 12.6. The van der Waals surface area contributed by atoms with Crippen molar-refractivity contribution in [2.24, 2.45) is 11.8 Å². The number of hydrogen-bond donors (Lipinski definition) is 1. The van der Waals surface area contributed by atoms with Gasteiger partial charge < -0.3 is 10.1 Å². The van der Waals surface area contributed by atoms with E-state index < -0.39 is 0 Å². The molecule has 0 amide bonds. The lowest BCUT2D eigenvalue weighted by Crippen LogP contribution is -2.48. The van der Waals surface area contributed by atoms with Gasteiger partial charge in [-0.3, -0.25) is 4.90 Å². The number of ether oxygens (including phenoxy) is 1. The summed E-state index contributed by atoms with van der Waals surface area (Å²) in [5, 5.41) is 3.90. The van der Waals surface area contributed by atoms with Gasteiger partial charge in [-0.25, -0.2) is 0 Å². The highest BCUT2D eigenvalue weighted by Gasteiger charge is 2.36. The lowest BCUT2D eigenvalue weighted by atomic mass is 9.85. The van der Waals surface area contributed by atoms with E-state index in [1.807, 2.05) is 7.11 Å². The van der Waals surface area contributed by atoms with Gasteiger partial charge in [-0.15, -0.1) is 0 Å². The molecule has 0 radical (unpaired) electrons. The molecule has 1 saturated carbocycles. The lowest BCUT2D eigenvalue weighted by Gasteiger charge is -2.37. The summed E-state index contributed by atoms with van der Waals surface area (Å²) in [6, 6.07) is 1.57. The van der Waals surface area contributed by atoms with E-state index in [1.165, 1.54) is 51.6 Å². The second-order valence-electron chi connectivity index (χ2n) is 7.05. The minimum atomic E-state index is 0.442. The van der Waals surface area contributed by atoms with Gasteiger partial charge in [0.25, 0.3) is 0 Å². The summed E-state index contributed by atoms with van der Waals surface area (Å²) in [6.07, 6.45) is 8.92. The van der Waals surface area contributed by atoms with Crippen LogP contribution < -0.4 is 5.32 Å². The van der Waals surface area contributed by atoms with Gasteiger partial charge in [0, 0.05) is 32.3 Å². The molecule has 3 aliphatic rings. The zero-order valence-electron chi connectivity index (χ0n) is 12.6. The van der Waals surface area contributed by atoms with E-state index in [-0.39, 0.29) is 0 Å². The quantitative estimate of drug-likeness (QED) is 0.848. The Hall–Kier alpha value is -0.120. The van der Waals surface area contributed by atoms with Gasteiger partial charge in [-0.2, -0.15) is 0 Å². The van der Waals surface area contributed by atoms with Gasteiger partial charge in [0.2, 0.25) is 0 Å². The van der Waals surface area contributed by atoms with Crippen LogP contribution >= 0.6 is 0 Å². The first-order valence-corrected chi connectivity index (χ1v) is 8.27. The lowest BCUT2D eigenvalue weighted by molar-refractivity contribution is -0.00703. The molecule has 3 nitrogen and oxygen atoms in total. The van der Waals surface area contributed by atoms with Crippen LogP contribution in [0.3, 0.4) is 0 Å². The molecule has 2 saturated heterocycles. The van der Waals surface area contributed by atoms with Crippen molar-refractivity contribution in [3.63, 3.8) is 0 Å². The first kappa shape index (κ1) is 13.8. The molecule has 1 N–H and O–H groups in total. The van der Waals surface area contributed by atoms with Gasteiger partial charge in [0.05, 0.1) is 6.10 Å². The van der Waals surface area contributed by atoms with Crippen LogP contribution in [0, 0.1) is 11.8 Å². The Bertz CT molecular complexity index is 282. The molecular weight excluding hydrogens is 236 g/mol. The van der Waals surface area contributed by atoms with E-state index in [9.17, 15) is 0 Å². The predicted molar refractivity (Wildman–Crippen MR) is 78.3 cm³/mol. The summed E-state index contributed by atoms with van der Waals surface area (Å²) in [6.45, 7) is 5.95. The van der Waals surface area contributed by atoms with Crippen molar-refractivity contribution < 1.29 is 4.74 Å². The van der Waals surface area contributed by atoms with Crippen LogP contribution in [0.25, 0.3) is 0 Å². The van der Waals surface area contributed by atoms with Crippen LogP contribution in [0.2, 0.25) is 0 Å². The maximum Gasteiger partial charge on any atom is 0.0724 e. The standard InChI is InChI=1S/C16H30N2O/c1-12-7-8-18(11-16(12)19-2)10-14-9-13-5-3-4-6-15(13)17-14/h12-17H,3-11H2,1-2H3. The average molecular weight is 266 g/mol. The molecular formula is C16H30N2O. The zero-order chi connectivity index (χ0) is 13.2. The highest BCUT2D eigenvalue weighted by atomic mass is 16.5. The molecule has 1 aliphatic carbocycles. The third kappa shape index (κ3) is 3.14. The van der Waals surface area contributed by atoms with E-state index in [2.05, 4.69) is 17.1 Å². The molecule has 19 heavy (non-hydrogen) atoms. The number of hydrogen-bond acceptors (Lipinski definition) is 3. The Morgan fingerprint density at radius 1 is 1.21 bits per heavy atom. The van der Waals surface area contributed by atoms with Crippen molar-refractivity contribution >= 4 is 0 Å². The number of methoxy groups -OCH3 is 1. The highest BCUT2D eigenvalue weighted by Crippen LogP contribution is 2.33. The molecule has 0 aromatic heterocycles. The number of rotatable bonds is 3. The van der Waals surface area contributed by atoms with Gasteiger partial charge in [0.15, 0.2) is 0 Å². The van der Waals surface area contributed by atoms with Gasteiger partial charge >= 0.3 is 0 Å². The molecule has 0 spiro atoms. The van der Waals surface area contributed by atoms with Crippen molar-refractivity contribution in [1.29, 1.82) is 0 Å². The summed E-state index contributed by atoms with van der Waals surface area (Å²) in [5.74, 6) is 1.70. The number of piperidine rings is 1. The van der Waals surface area contributed by atoms with E-state index in [4.69, 9.17) is 4.74 Å².